The molecule has 0 heterocycles. The molecule has 0 bridgehead atoms. The molecule has 0 fully saturated rings. The van der Waals surface area contributed by atoms with Crippen LogP contribution in [0.1, 0.15) is 32.1 Å². The predicted octanol–water partition coefficient (Wildman–Crippen LogP) is -1.77. The van der Waals surface area contributed by atoms with E-state index >= 15 is 0 Å². The highest BCUT2D eigenvalue weighted by Crippen LogP contribution is 1.99. The van der Waals surface area contributed by atoms with Gasteiger partial charge in [-0.05, 0) is 25.7 Å². The standard InChI is InChI=1S/C13H23N4O7/c14-24-8-10(18)15-6-2-1-3-7-16-13(23)17-9(12(21)22)4-5-11(19)20/h7,9H,1-6,8H2,14H3,(H4-,15,16,17,18,19,20,21,22,23)/p+1. The zero-order chi connectivity index (χ0) is 18.4. The van der Waals surface area contributed by atoms with Crippen molar-refractivity contribution in [3.63, 3.8) is 0 Å². The molecule has 0 aromatic rings. The highest BCUT2D eigenvalue weighted by Gasteiger charge is 2.20. The van der Waals surface area contributed by atoms with E-state index < -0.39 is 24.0 Å². The van der Waals surface area contributed by atoms with Crippen LogP contribution >= 0.6 is 0 Å². The molecule has 3 amide bonds. The average molecular weight is 348 g/mol. The summed E-state index contributed by atoms with van der Waals surface area (Å²) in [4.78, 5) is 48.3. The fourth-order valence-corrected chi connectivity index (χ4v) is 1.63. The van der Waals surface area contributed by atoms with E-state index in [2.05, 4.69) is 26.7 Å². The summed E-state index contributed by atoms with van der Waals surface area (Å²) in [5, 5.41) is 24.6. The molecule has 1 atom stereocenters. The molecule has 0 saturated carbocycles. The number of hydrogen-bond donors (Lipinski definition) is 6. The fraction of sp³-hybridized carbons (Fsp3) is 0.615. The van der Waals surface area contributed by atoms with E-state index in [0.717, 1.165) is 0 Å². The van der Waals surface area contributed by atoms with Gasteiger partial charge in [0.2, 0.25) is 0 Å². The number of carboxylic acids is 2. The number of hydrogen-bond acceptors (Lipinski definition) is 5. The summed E-state index contributed by atoms with van der Waals surface area (Å²) in [7, 11) is 0. The van der Waals surface area contributed by atoms with E-state index in [9.17, 15) is 19.2 Å². The summed E-state index contributed by atoms with van der Waals surface area (Å²) < 4.78 is 0. The third-order valence-corrected chi connectivity index (χ3v) is 2.81. The van der Waals surface area contributed by atoms with Crippen LogP contribution in [0, 0.1) is 6.54 Å². The predicted molar refractivity (Wildman–Crippen MR) is 80.0 cm³/mol. The van der Waals surface area contributed by atoms with E-state index in [-0.39, 0.29) is 25.4 Å². The highest BCUT2D eigenvalue weighted by molar-refractivity contribution is 5.83. The quantitative estimate of drug-likeness (QED) is 0.168. The minimum absolute atomic E-state index is 0.0968. The van der Waals surface area contributed by atoms with Crippen LogP contribution in [0.3, 0.4) is 0 Å². The van der Waals surface area contributed by atoms with Crippen molar-refractivity contribution in [2.24, 2.45) is 0 Å². The Morgan fingerprint density at radius 3 is 2.46 bits per heavy atom. The maximum Gasteiger partial charge on any atom is 0.326 e. The molecule has 0 saturated heterocycles. The lowest BCUT2D eigenvalue weighted by Gasteiger charge is -2.14. The van der Waals surface area contributed by atoms with Gasteiger partial charge >= 0.3 is 18.0 Å². The van der Waals surface area contributed by atoms with Gasteiger partial charge < -0.3 is 26.2 Å². The first-order valence-electron chi connectivity index (χ1n) is 7.33. The van der Waals surface area contributed by atoms with Crippen molar-refractivity contribution in [1.29, 1.82) is 0 Å². The van der Waals surface area contributed by atoms with E-state index in [1.54, 1.807) is 0 Å². The van der Waals surface area contributed by atoms with Gasteiger partial charge in [0.05, 0.1) is 6.54 Å². The van der Waals surface area contributed by atoms with E-state index in [0.29, 0.717) is 25.8 Å². The summed E-state index contributed by atoms with van der Waals surface area (Å²) in [5.41, 5.74) is 0. The van der Waals surface area contributed by atoms with Crippen molar-refractivity contribution >= 4 is 23.9 Å². The number of aliphatic carboxylic acids is 2. The molecular weight excluding hydrogens is 324 g/mol. The van der Waals surface area contributed by atoms with Gasteiger partial charge in [-0.2, -0.15) is 4.84 Å². The second kappa shape index (κ2) is 13.1. The number of carbonyl (C=O) groups excluding carboxylic acids is 2. The molecule has 11 heteroatoms. The maximum atomic E-state index is 11.5. The van der Waals surface area contributed by atoms with Gasteiger partial charge in [-0.3, -0.25) is 9.59 Å². The summed E-state index contributed by atoms with van der Waals surface area (Å²) in [6.07, 6.45) is 1.37. The second-order valence-electron chi connectivity index (χ2n) is 4.84. The fourth-order valence-electron chi connectivity index (χ4n) is 1.63. The first kappa shape index (κ1) is 21.6. The summed E-state index contributed by atoms with van der Waals surface area (Å²) in [5.74, 6) is 0.395. The zero-order valence-electron chi connectivity index (χ0n) is 13.2. The number of carbonyl (C=O) groups is 4. The zero-order valence-corrected chi connectivity index (χ0v) is 13.2. The van der Waals surface area contributed by atoms with Crippen LogP contribution in [0.2, 0.25) is 0 Å². The number of unbranched alkanes of at least 4 members (excludes halogenated alkanes) is 2. The first-order chi connectivity index (χ1) is 11.4. The Kier molecular flexibility index (Phi) is 11.8. The van der Waals surface area contributed by atoms with Crippen LogP contribution in [0.5, 0.6) is 0 Å². The van der Waals surface area contributed by atoms with E-state index in [1.807, 2.05) is 0 Å². The Morgan fingerprint density at radius 1 is 1.17 bits per heavy atom. The smallest absolute Gasteiger partial charge is 0.326 e. The summed E-state index contributed by atoms with van der Waals surface area (Å²) >= 11 is 0. The third-order valence-electron chi connectivity index (χ3n) is 2.81. The number of rotatable bonds is 13. The van der Waals surface area contributed by atoms with Crippen LogP contribution in [0.15, 0.2) is 0 Å². The van der Waals surface area contributed by atoms with Crippen LogP contribution < -0.4 is 21.8 Å². The molecule has 8 N–H and O–H groups in total. The SMILES string of the molecule is [NH3+]OCC(=O)NCCCC[CH]NC(=O)NC(CCC(=O)O)C(=O)O. The molecule has 1 radical (unpaired) electrons. The molecule has 0 aromatic heterocycles. The average Bonchev–Trinajstić information content (AvgIpc) is 2.50. The van der Waals surface area contributed by atoms with Gasteiger partial charge in [0.15, 0.2) is 6.61 Å². The molecule has 0 aliphatic rings. The van der Waals surface area contributed by atoms with E-state index in [1.165, 1.54) is 6.54 Å². The monoisotopic (exact) mass is 348 g/mol. The molecule has 24 heavy (non-hydrogen) atoms. The van der Waals surface area contributed by atoms with Crippen molar-refractivity contribution < 1.29 is 40.1 Å². The number of nitrogens with one attached hydrogen (secondary N) is 3. The van der Waals surface area contributed by atoms with Crippen LogP contribution in [0.4, 0.5) is 4.79 Å². The molecule has 137 valence electrons. The minimum atomic E-state index is -1.30. The second-order valence-corrected chi connectivity index (χ2v) is 4.84. The Labute approximate surface area is 138 Å². The molecule has 0 aliphatic heterocycles. The Bertz CT molecular complexity index is 431. The van der Waals surface area contributed by atoms with Crippen molar-refractivity contribution in [1.82, 2.24) is 16.0 Å². The first-order valence-corrected chi connectivity index (χ1v) is 7.33. The molecular formula is C13H24N4O7+. The molecule has 11 nitrogen and oxygen atoms in total. The van der Waals surface area contributed by atoms with Crippen LogP contribution in [-0.2, 0) is 19.2 Å². The number of amides is 3. The van der Waals surface area contributed by atoms with Crippen LogP contribution in [0.25, 0.3) is 0 Å². The molecule has 0 aromatic carbocycles. The Morgan fingerprint density at radius 2 is 1.88 bits per heavy atom. The number of quaternary nitrogens is 1. The van der Waals surface area contributed by atoms with Gasteiger partial charge in [0.25, 0.3) is 5.91 Å². The highest BCUT2D eigenvalue weighted by atomic mass is 16.6. The van der Waals surface area contributed by atoms with Gasteiger partial charge in [-0.15, -0.1) is 0 Å². The maximum absolute atomic E-state index is 11.5. The summed E-state index contributed by atoms with van der Waals surface area (Å²) in [6.45, 7) is 1.84. The Hall–Kier alpha value is -2.40. The molecule has 1 unspecified atom stereocenters. The number of urea groups is 1. The van der Waals surface area contributed by atoms with Gasteiger partial charge in [-0.25, -0.2) is 15.5 Å². The normalized spacial score (nSPS) is 11.4. The lowest BCUT2D eigenvalue weighted by Crippen LogP contribution is -2.51. The van der Waals surface area contributed by atoms with Gasteiger partial charge in [0, 0.05) is 13.0 Å². The van der Waals surface area contributed by atoms with Gasteiger partial charge in [-0.1, -0.05) is 0 Å². The van der Waals surface area contributed by atoms with Crippen molar-refractivity contribution in [2.45, 2.75) is 38.1 Å². The van der Waals surface area contributed by atoms with Crippen LogP contribution in [-0.4, -0.2) is 53.3 Å². The topological polar surface area (TPSA) is 182 Å². The third kappa shape index (κ3) is 12.2. The van der Waals surface area contributed by atoms with Crippen molar-refractivity contribution in [3.8, 4) is 0 Å². The van der Waals surface area contributed by atoms with Gasteiger partial charge in [0.1, 0.15) is 6.04 Å². The summed E-state index contributed by atoms with van der Waals surface area (Å²) in [6, 6.07) is -1.98. The minimum Gasteiger partial charge on any atom is -0.481 e. The molecule has 0 aliphatic carbocycles. The molecule has 0 rings (SSSR count). The van der Waals surface area contributed by atoms with Crippen molar-refractivity contribution in [3.05, 3.63) is 6.54 Å². The van der Waals surface area contributed by atoms with E-state index in [4.69, 9.17) is 10.2 Å². The molecule has 0 spiro atoms. The lowest BCUT2D eigenvalue weighted by molar-refractivity contribution is -0.685. The lowest BCUT2D eigenvalue weighted by atomic mass is 10.1. The largest absolute Gasteiger partial charge is 0.481 e. The Balaban J connectivity index is 3.75. The van der Waals surface area contributed by atoms with Crippen molar-refractivity contribution in [2.75, 3.05) is 13.2 Å². The number of carboxylic acid groups (broad SMARTS) is 2.